The molecule has 1 N–H and O–H groups in total. The first-order valence-electron chi connectivity index (χ1n) is 9.73. The second-order valence-electron chi connectivity index (χ2n) is 6.94. The predicted molar refractivity (Wildman–Crippen MR) is 119 cm³/mol. The molecule has 27 heavy (non-hydrogen) atoms. The molecule has 0 amide bonds. The number of hydrogen-bond donors (Lipinski definition) is 1. The van der Waals surface area contributed by atoms with Crippen molar-refractivity contribution in [3.8, 4) is 0 Å². The first-order valence-corrected chi connectivity index (χ1v) is 11.1. The van der Waals surface area contributed by atoms with E-state index in [0.29, 0.717) is 6.04 Å². The lowest BCUT2D eigenvalue weighted by Gasteiger charge is -2.30. The molecule has 0 fully saturated rings. The van der Waals surface area contributed by atoms with Crippen molar-refractivity contribution in [3.63, 3.8) is 0 Å². The van der Waals surface area contributed by atoms with E-state index in [1.807, 2.05) is 0 Å². The van der Waals surface area contributed by atoms with Crippen molar-refractivity contribution >= 4 is 18.5 Å². The van der Waals surface area contributed by atoms with E-state index in [1.165, 1.54) is 21.5 Å². The van der Waals surface area contributed by atoms with Gasteiger partial charge in [-0.2, -0.15) is 0 Å². The van der Waals surface area contributed by atoms with Gasteiger partial charge in [0.2, 0.25) is 0 Å². The van der Waals surface area contributed by atoms with Crippen molar-refractivity contribution in [2.45, 2.75) is 25.3 Å². The van der Waals surface area contributed by atoms with Crippen LogP contribution in [0.2, 0.25) is 0 Å². The normalized spacial score (nSPS) is 19.5. The molecule has 2 aliphatic carbocycles. The fourth-order valence-electron chi connectivity index (χ4n) is 3.95. The minimum Gasteiger partial charge on any atom is -0.313 e. The van der Waals surface area contributed by atoms with Gasteiger partial charge in [0.05, 0.1) is 0 Å². The van der Waals surface area contributed by atoms with E-state index in [-0.39, 0.29) is 0 Å². The molecule has 0 heterocycles. The molecule has 2 heteroatoms. The summed E-state index contributed by atoms with van der Waals surface area (Å²) < 4.78 is 0. The number of allylic oxidation sites excluding steroid dienone is 5. The zero-order valence-corrected chi connectivity index (χ0v) is 16.7. The summed E-state index contributed by atoms with van der Waals surface area (Å²) in [7, 11) is 1.52. The van der Waals surface area contributed by atoms with Crippen LogP contribution in [0, 0.1) is 0 Å². The van der Waals surface area contributed by atoms with Gasteiger partial charge in [-0.1, -0.05) is 91.0 Å². The number of rotatable bonds is 5. The van der Waals surface area contributed by atoms with Gasteiger partial charge in [-0.05, 0) is 61.3 Å². The Bertz CT molecular complexity index is 851. The smallest absolute Gasteiger partial charge is 0.0355 e. The molecule has 1 unspecified atom stereocenters. The first kappa shape index (κ1) is 18.2. The highest BCUT2D eigenvalue weighted by molar-refractivity contribution is 7.77. The van der Waals surface area contributed by atoms with Crippen molar-refractivity contribution in [2.24, 2.45) is 0 Å². The molecule has 0 saturated heterocycles. The Labute approximate surface area is 164 Å². The molecule has 0 bridgehead atoms. The van der Waals surface area contributed by atoms with Crippen molar-refractivity contribution in [1.82, 2.24) is 5.32 Å². The van der Waals surface area contributed by atoms with E-state index in [0.717, 1.165) is 19.3 Å². The molecule has 0 saturated carbocycles. The van der Waals surface area contributed by atoms with Gasteiger partial charge in [-0.15, -0.1) is 0 Å². The Kier molecular flexibility index (Phi) is 5.82. The summed E-state index contributed by atoms with van der Waals surface area (Å²) in [5.74, 6) is 0. The lowest BCUT2D eigenvalue weighted by atomic mass is 9.88. The lowest BCUT2D eigenvalue weighted by molar-refractivity contribution is 0.636. The third kappa shape index (κ3) is 3.90. The highest BCUT2D eigenvalue weighted by Crippen LogP contribution is 2.49. The molecule has 2 aromatic rings. The average molecular weight is 371 g/mol. The van der Waals surface area contributed by atoms with Crippen LogP contribution in [0.1, 0.15) is 19.3 Å². The number of nitrogens with one attached hydrogen (secondary N) is 1. The molecule has 4 rings (SSSR count). The van der Waals surface area contributed by atoms with Crippen molar-refractivity contribution < 1.29 is 0 Å². The van der Waals surface area contributed by atoms with Crippen LogP contribution < -0.4 is 15.9 Å². The van der Waals surface area contributed by atoms with E-state index < -0.39 is 7.92 Å². The molecule has 1 atom stereocenters. The predicted octanol–water partition coefficient (Wildman–Crippen LogP) is 5.20. The Balaban J connectivity index is 1.89. The zero-order valence-electron chi connectivity index (χ0n) is 15.8. The molecule has 1 nitrogen and oxygen atoms in total. The van der Waals surface area contributed by atoms with Crippen molar-refractivity contribution in [1.29, 1.82) is 0 Å². The number of hydrogen-bond acceptors (Lipinski definition) is 1. The summed E-state index contributed by atoms with van der Waals surface area (Å²) in [4.78, 5) is 0. The highest BCUT2D eigenvalue weighted by Gasteiger charge is 2.26. The van der Waals surface area contributed by atoms with Gasteiger partial charge in [-0.3, -0.25) is 0 Å². The van der Waals surface area contributed by atoms with Crippen LogP contribution in [0.5, 0.6) is 0 Å². The Morgan fingerprint density at radius 2 is 1.56 bits per heavy atom. The minimum absolute atomic E-state index is 0.412. The SMILES string of the molecule is CNC1CC=CC=C1C1=C(P(c2ccccc2)c2ccccc2)C=CCC1. The second kappa shape index (κ2) is 8.65. The summed E-state index contributed by atoms with van der Waals surface area (Å²) in [6, 6.07) is 22.5. The van der Waals surface area contributed by atoms with Crippen LogP contribution in [0.15, 0.2) is 108 Å². The maximum atomic E-state index is 3.52. The molecular weight excluding hydrogens is 345 g/mol. The lowest BCUT2D eigenvalue weighted by Crippen LogP contribution is -2.29. The maximum Gasteiger partial charge on any atom is 0.0355 e. The van der Waals surface area contributed by atoms with E-state index >= 15 is 0 Å². The van der Waals surface area contributed by atoms with Gasteiger partial charge >= 0.3 is 0 Å². The van der Waals surface area contributed by atoms with Gasteiger partial charge in [-0.25, -0.2) is 0 Å². The van der Waals surface area contributed by atoms with Crippen LogP contribution in [0.3, 0.4) is 0 Å². The van der Waals surface area contributed by atoms with Gasteiger partial charge in [0.15, 0.2) is 0 Å². The molecule has 0 radical (unpaired) electrons. The van der Waals surface area contributed by atoms with Crippen molar-refractivity contribution in [2.75, 3.05) is 7.05 Å². The summed E-state index contributed by atoms with van der Waals surface area (Å²) in [6.07, 6.45) is 14.9. The molecule has 0 spiro atoms. The van der Waals surface area contributed by atoms with Gasteiger partial charge < -0.3 is 5.32 Å². The molecule has 2 aliphatic rings. The quantitative estimate of drug-likeness (QED) is 0.713. The third-order valence-corrected chi connectivity index (χ3v) is 7.80. The molecular formula is C25H26NP. The number of benzene rings is 2. The van der Waals surface area contributed by atoms with Crippen molar-refractivity contribution in [3.05, 3.63) is 108 Å². The first-order chi connectivity index (χ1) is 13.4. The van der Waals surface area contributed by atoms with Gasteiger partial charge in [0, 0.05) is 6.04 Å². The van der Waals surface area contributed by atoms with E-state index in [4.69, 9.17) is 0 Å². The van der Waals surface area contributed by atoms with Crippen LogP contribution in [0.25, 0.3) is 0 Å². The maximum absolute atomic E-state index is 3.52. The Morgan fingerprint density at radius 3 is 2.19 bits per heavy atom. The topological polar surface area (TPSA) is 12.0 Å². The molecule has 0 aliphatic heterocycles. The Morgan fingerprint density at radius 1 is 0.889 bits per heavy atom. The summed E-state index contributed by atoms with van der Waals surface area (Å²) >= 11 is 0. The molecule has 136 valence electrons. The summed E-state index contributed by atoms with van der Waals surface area (Å²) in [5.41, 5.74) is 3.01. The monoisotopic (exact) mass is 371 g/mol. The van der Waals surface area contributed by atoms with Crippen LogP contribution in [-0.4, -0.2) is 13.1 Å². The van der Waals surface area contributed by atoms with E-state index in [1.54, 1.807) is 5.57 Å². The third-order valence-electron chi connectivity index (χ3n) is 5.27. The summed E-state index contributed by atoms with van der Waals surface area (Å²) in [6.45, 7) is 0. The summed E-state index contributed by atoms with van der Waals surface area (Å²) in [5, 5.41) is 7.87. The van der Waals surface area contributed by atoms with E-state index in [2.05, 4.69) is 103 Å². The van der Waals surface area contributed by atoms with Gasteiger partial charge in [0.25, 0.3) is 0 Å². The van der Waals surface area contributed by atoms with Crippen LogP contribution in [-0.2, 0) is 0 Å². The average Bonchev–Trinajstić information content (AvgIpc) is 2.76. The zero-order chi connectivity index (χ0) is 18.5. The molecule has 0 aromatic heterocycles. The highest BCUT2D eigenvalue weighted by atomic mass is 31.1. The van der Waals surface area contributed by atoms with Crippen LogP contribution in [0.4, 0.5) is 0 Å². The Hall–Kier alpha value is -2.21. The fraction of sp³-hybridized carbons (Fsp3) is 0.200. The molecule has 2 aromatic carbocycles. The van der Waals surface area contributed by atoms with Crippen LogP contribution >= 0.6 is 7.92 Å². The standard InChI is InChI=1S/C25H26NP/c1-26-24-18-10-8-16-22(24)23-17-9-11-19-25(23)27(20-12-4-2-5-13-20)21-14-6-3-7-15-21/h2-8,10-16,19,24,26H,9,17-18H2,1H3. The fourth-order valence-corrected chi connectivity index (χ4v) is 6.51. The van der Waals surface area contributed by atoms with E-state index in [9.17, 15) is 0 Å². The number of likely N-dealkylation sites (N-methyl/N-ethyl adjacent to an activating group) is 1. The minimum atomic E-state index is -0.557. The largest absolute Gasteiger partial charge is 0.313 e. The second-order valence-corrected chi connectivity index (χ2v) is 9.12. The van der Waals surface area contributed by atoms with Gasteiger partial charge in [0.1, 0.15) is 0 Å².